The molecule has 1 aliphatic rings. The highest BCUT2D eigenvalue weighted by molar-refractivity contribution is 5.80. The number of hydrogen-bond donors (Lipinski definition) is 1. The Bertz CT molecular complexity index is 587. The Hall–Kier alpha value is -2.04. The maximum absolute atomic E-state index is 12.1. The first-order chi connectivity index (χ1) is 10.7. The fraction of sp³-hybridized carbons (Fsp3) is 0.556. The molecule has 1 amide bonds. The van der Waals surface area contributed by atoms with Gasteiger partial charge in [-0.2, -0.15) is 0 Å². The number of benzene rings is 1. The van der Waals surface area contributed by atoms with Crippen molar-refractivity contribution in [1.29, 1.82) is 0 Å². The van der Waals surface area contributed by atoms with E-state index in [0.29, 0.717) is 5.92 Å². The Labute approximate surface area is 137 Å². The summed E-state index contributed by atoms with van der Waals surface area (Å²) in [7, 11) is 1.47. The van der Waals surface area contributed by atoms with Crippen LogP contribution >= 0.6 is 0 Å². The number of nitrogens with zero attached hydrogens (tertiary/aromatic N) is 1. The Balaban J connectivity index is 2.10. The van der Waals surface area contributed by atoms with Gasteiger partial charge in [-0.05, 0) is 50.7 Å². The molecule has 0 bridgehead atoms. The first-order valence-electron chi connectivity index (χ1n) is 7.95. The zero-order chi connectivity index (χ0) is 17.2. The Morgan fingerprint density at radius 1 is 1.35 bits per heavy atom. The van der Waals surface area contributed by atoms with Gasteiger partial charge in [-0.25, -0.2) is 9.59 Å². The van der Waals surface area contributed by atoms with Gasteiger partial charge in [0.1, 0.15) is 11.6 Å². The summed E-state index contributed by atoms with van der Waals surface area (Å²) in [5.41, 5.74) is 1.53. The van der Waals surface area contributed by atoms with Gasteiger partial charge in [-0.1, -0.05) is 24.3 Å². The number of carboxylic acid groups (broad SMARTS) is 1. The maximum Gasteiger partial charge on any atom is 0.410 e. The molecule has 0 radical (unpaired) electrons. The zero-order valence-electron chi connectivity index (χ0n) is 14.2. The van der Waals surface area contributed by atoms with Gasteiger partial charge in [0.15, 0.2) is 0 Å². The molecule has 1 aromatic carbocycles. The van der Waals surface area contributed by atoms with E-state index in [0.717, 1.165) is 10.5 Å². The van der Waals surface area contributed by atoms with Gasteiger partial charge >= 0.3 is 12.1 Å². The fourth-order valence-electron chi connectivity index (χ4n) is 2.47. The van der Waals surface area contributed by atoms with Crippen molar-refractivity contribution in [3.8, 4) is 0 Å². The van der Waals surface area contributed by atoms with Crippen molar-refractivity contribution >= 4 is 12.1 Å². The van der Waals surface area contributed by atoms with Crippen LogP contribution in [-0.2, 0) is 16.0 Å². The monoisotopic (exact) mass is 319 g/mol. The molecule has 0 aromatic heterocycles. The van der Waals surface area contributed by atoms with Crippen molar-refractivity contribution < 1.29 is 19.4 Å². The number of aliphatic carboxylic acids is 1. The van der Waals surface area contributed by atoms with Gasteiger partial charge in [0.2, 0.25) is 0 Å². The smallest absolute Gasteiger partial charge is 0.410 e. The van der Waals surface area contributed by atoms with Crippen LogP contribution in [0.2, 0.25) is 0 Å². The van der Waals surface area contributed by atoms with Crippen LogP contribution in [0.25, 0.3) is 0 Å². The Kier molecular flexibility index (Phi) is 4.97. The number of rotatable bonds is 5. The van der Waals surface area contributed by atoms with Crippen LogP contribution in [0.15, 0.2) is 24.3 Å². The fourth-order valence-corrected chi connectivity index (χ4v) is 2.47. The molecule has 0 spiro atoms. The molecule has 5 heteroatoms. The largest absolute Gasteiger partial charge is 0.480 e. The van der Waals surface area contributed by atoms with E-state index in [-0.39, 0.29) is 6.42 Å². The maximum atomic E-state index is 12.1. The topological polar surface area (TPSA) is 66.8 Å². The number of carbonyl (C=O) groups is 2. The minimum absolute atomic E-state index is 0.269. The Morgan fingerprint density at radius 2 is 2.00 bits per heavy atom. The van der Waals surface area contributed by atoms with E-state index in [1.165, 1.54) is 25.5 Å². The van der Waals surface area contributed by atoms with E-state index >= 15 is 0 Å². The molecular weight excluding hydrogens is 294 g/mol. The van der Waals surface area contributed by atoms with Crippen molar-refractivity contribution in [3.63, 3.8) is 0 Å². The second kappa shape index (κ2) is 6.60. The molecule has 23 heavy (non-hydrogen) atoms. The van der Waals surface area contributed by atoms with E-state index in [1.807, 2.05) is 12.1 Å². The van der Waals surface area contributed by atoms with Gasteiger partial charge in [0, 0.05) is 13.5 Å². The first kappa shape index (κ1) is 17.3. The van der Waals surface area contributed by atoms with Crippen LogP contribution in [0.4, 0.5) is 4.79 Å². The number of hydrogen-bond acceptors (Lipinski definition) is 3. The van der Waals surface area contributed by atoms with Gasteiger partial charge in [-0.3, -0.25) is 4.90 Å². The van der Waals surface area contributed by atoms with Crippen LogP contribution in [-0.4, -0.2) is 40.8 Å². The van der Waals surface area contributed by atoms with Crippen LogP contribution in [0, 0.1) is 0 Å². The SMILES string of the molecule is CN(C(=O)OC(C)(C)C)[C@H](Cc1cccc(C2CC2)c1)C(=O)O. The lowest BCUT2D eigenvalue weighted by molar-refractivity contribution is -0.142. The second-order valence-electron chi connectivity index (χ2n) is 7.17. The third-order valence-corrected chi connectivity index (χ3v) is 3.86. The highest BCUT2D eigenvalue weighted by Crippen LogP contribution is 2.40. The minimum atomic E-state index is -1.03. The summed E-state index contributed by atoms with van der Waals surface area (Å²) in [4.78, 5) is 24.9. The molecule has 2 rings (SSSR count). The average molecular weight is 319 g/mol. The summed E-state index contributed by atoms with van der Waals surface area (Å²) in [5.74, 6) is -0.419. The highest BCUT2D eigenvalue weighted by atomic mass is 16.6. The molecule has 0 aliphatic heterocycles. The Morgan fingerprint density at radius 3 is 2.52 bits per heavy atom. The highest BCUT2D eigenvalue weighted by Gasteiger charge is 2.30. The van der Waals surface area contributed by atoms with Crippen LogP contribution in [0.1, 0.15) is 50.7 Å². The van der Waals surface area contributed by atoms with E-state index in [4.69, 9.17) is 4.74 Å². The molecule has 1 fully saturated rings. The molecule has 5 nitrogen and oxygen atoms in total. The number of ether oxygens (including phenoxy) is 1. The van der Waals surface area contributed by atoms with Crippen molar-refractivity contribution in [2.24, 2.45) is 0 Å². The lowest BCUT2D eigenvalue weighted by atomic mass is 10.0. The number of carboxylic acids is 1. The van der Waals surface area contributed by atoms with E-state index < -0.39 is 23.7 Å². The van der Waals surface area contributed by atoms with Gasteiger partial charge in [0.25, 0.3) is 0 Å². The second-order valence-corrected chi connectivity index (χ2v) is 7.17. The minimum Gasteiger partial charge on any atom is -0.480 e. The summed E-state index contributed by atoms with van der Waals surface area (Å²) in [6.45, 7) is 5.27. The summed E-state index contributed by atoms with van der Waals surface area (Å²) < 4.78 is 5.26. The van der Waals surface area contributed by atoms with Crippen molar-refractivity contribution in [1.82, 2.24) is 4.90 Å². The first-order valence-corrected chi connectivity index (χ1v) is 7.95. The molecule has 126 valence electrons. The molecular formula is C18H25NO4. The van der Waals surface area contributed by atoms with E-state index in [9.17, 15) is 14.7 Å². The summed E-state index contributed by atoms with van der Waals surface area (Å²) in [6.07, 6.45) is 2.04. The van der Waals surface area contributed by atoms with E-state index in [2.05, 4.69) is 12.1 Å². The van der Waals surface area contributed by atoms with Crippen molar-refractivity contribution in [2.75, 3.05) is 7.05 Å². The zero-order valence-corrected chi connectivity index (χ0v) is 14.2. The van der Waals surface area contributed by atoms with Gasteiger partial charge in [-0.15, -0.1) is 0 Å². The predicted molar refractivity (Wildman–Crippen MR) is 87.5 cm³/mol. The molecule has 1 N–H and O–H groups in total. The predicted octanol–water partition coefficient (Wildman–Crippen LogP) is 3.43. The normalized spacial score (nSPS) is 15.8. The molecule has 1 atom stereocenters. The molecule has 1 aromatic rings. The van der Waals surface area contributed by atoms with Crippen LogP contribution in [0.5, 0.6) is 0 Å². The quantitative estimate of drug-likeness (QED) is 0.903. The number of amides is 1. The van der Waals surface area contributed by atoms with Crippen LogP contribution < -0.4 is 0 Å². The van der Waals surface area contributed by atoms with Crippen molar-refractivity contribution in [2.45, 2.75) is 57.6 Å². The molecule has 1 aliphatic carbocycles. The third-order valence-electron chi connectivity index (χ3n) is 3.86. The van der Waals surface area contributed by atoms with Gasteiger partial charge in [0.05, 0.1) is 0 Å². The summed E-state index contributed by atoms with van der Waals surface area (Å²) in [6, 6.07) is 7.05. The molecule has 0 saturated heterocycles. The third kappa shape index (κ3) is 4.98. The standard InChI is InChI=1S/C18H25NO4/c1-18(2,3)23-17(22)19(4)15(16(20)21)11-12-6-5-7-14(10-12)13-8-9-13/h5-7,10,13,15H,8-9,11H2,1-4H3,(H,20,21)/t15-/m1/s1. The molecule has 1 saturated carbocycles. The lowest BCUT2D eigenvalue weighted by Gasteiger charge is -2.28. The summed E-state index contributed by atoms with van der Waals surface area (Å²) >= 11 is 0. The van der Waals surface area contributed by atoms with Crippen molar-refractivity contribution in [3.05, 3.63) is 35.4 Å². The lowest BCUT2D eigenvalue weighted by Crippen LogP contribution is -2.46. The van der Waals surface area contributed by atoms with Crippen LogP contribution in [0.3, 0.4) is 0 Å². The number of likely N-dealkylation sites (N-methyl/N-ethyl adjacent to an activating group) is 1. The molecule has 0 heterocycles. The average Bonchev–Trinajstić information content (AvgIpc) is 3.26. The van der Waals surface area contributed by atoms with Gasteiger partial charge < -0.3 is 9.84 Å². The number of carbonyl (C=O) groups excluding carboxylic acids is 1. The van der Waals surface area contributed by atoms with E-state index in [1.54, 1.807) is 20.8 Å². The molecule has 0 unspecified atom stereocenters. The summed E-state index contributed by atoms with van der Waals surface area (Å²) in [5, 5.41) is 9.49.